The van der Waals surface area contributed by atoms with E-state index in [0.717, 1.165) is 24.7 Å². The molecule has 0 bridgehead atoms. The van der Waals surface area contributed by atoms with Crippen LogP contribution in [0.2, 0.25) is 0 Å². The van der Waals surface area contributed by atoms with E-state index in [1.54, 1.807) is 7.05 Å². The average molecular weight is 525 g/mol. The Morgan fingerprint density at radius 3 is 2.40 bits per heavy atom. The average Bonchev–Trinajstić information content (AvgIpc) is 2.74. The molecule has 2 rings (SSSR count). The van der Waals surface area contributed by atoms with Crippen LogP contribution in [0.5, 0.6) is 0 Å². The zero-order valence-electron chi connectivity index (χ0n) is 18.6. The summed E-state index contributed by atoms with van der Waals surface area (Å²) in [6.45, 7) is 10.4. The first-order chi connectivity index (χ1) is 14.1. The van der Waals surface area contributed by atoms with Crippen molar-refractivity contribution >= 4 is 29.9 Å². The first-order valence-electron chi connectivity index (χ1n) is 10.4. The Morgan fingerprint density at radius 1 is 1.00 bits per heavy atom. The number of ether oxygens (including phenoxy) is 2. The van der Waals surface area contributed by atoms with Crippen molar-refractivity contribution in [1.29, 1.82) is 0 Å². The van der Waals surface area contributed by atoms with Crippen molar-refractivity contribution in [2.24, 2.45) is 4.99 Å². The minimum absolute atomic E-state index is 0. The minimum atomic E-state index is 0. The van der Waals surface area contributed by atoms with Gasteiger partial charge in [-0.05, 0) is 36.5 Å². The number of nitrogens with one attached hydrogen (secondary N) is 2. The molecule has 0 spiro atoms. The van der Waals surface area contributed by atoms with Gasteiger partial charge in [0.05, 0.1) is 19.8 Å². The highest BCUT2D eigenvalue weighted by Gasteiger charge is 2.07. The minimum Gasteiger partial charge on any atom is -0.379 e. The van der Waals surface area contributed by atoms with Crippen LogP contribution in [-0.4, -0.2) is 39.4 Å². The Balaban J connectivity index is 0.00000450. The van der Waals surface area contributed by atoms with E-state index < -0.39 is 0 Å². The smallest absolute Gasteiger partial charge is 0.191 e. The standard InChI is InChI=1S/C24H35N3O2.HI/c1-5-28-13-14-29-18-22-8-6-7-21(15-22)17-27-24(25-4)26-16-20(3)23-11-9-19(2)10-12-23;/h6-12,15,20H,5,13-14,16-18H2,1-4H3,(H2,25,26,27);1H. The van der Waals surface area contributed by atoms with E-state index in [2.05, 4.69) is 78.0 Å². The summed E-state index contributed by atoms with van der Waals surface area (Å²) in [4.78, 5) is 4.34. The largest absolute Gasteiger partial charge is 0.379 e. The van der Waals surface area contributed by atoms with E-state index in [0.29, 0.717) is 32.3 Å². The molecule has 1 atom stereocenters. The molecule has 166 valence electrons. The molecule has 1 unspecified atom stereocenters. The third-order valence-corrected chi connectivity index (χ3v) is 4.74. The van der Waals surface area contributed by atoms with Gasteiger partial charge in [-0.1, -0.05) is 61.0 Å². The van der Waals surface area contributed by atoms with E-state index in [1.165, 1.54) is 16.7 Å². The first kappa shape index (κ1) is 26.4. The lowest BCUT2D eigenvalue weighted by Crippen LogP contribution is -2.38. The number of guanidine groups is 1. The van der Waals surface area contributed by atoms with Gasteiger partial charge in [-0.3, -0.25) is 4.99 Å². The van der Waals surface area contributed by atoms with Crippen molar-refractivity contribution < 1.29 is 9.47 Å². The normalized spacial score (nSPS) is 12.2. The number of benzene rings is 2. The fraction of sp³-hybridized carbons (Fsp3) is 0.458. The van der Waals surface area contributed by atoms with Crippen LogP contribution in [0.1, 0.15) is 42.0 Å². The Hall–Kier alpha value is -1.64. The summed E-state index contributed by atoms with van der Waals surface area (Å²) >= 11 is 0. The first-order valence-corrected chi connectivity index (χ1v) is 10.4. The van der Waals surface area contributed by atoms with E-state index >= 15 is 0 Å². The number of rotatable bonds is 11. The topological polar surface area (TPSA) is 54.9 Å². The molecule has 0 heterocycles. The maximum Gasteiger partial charge on any atom is 0.191 e. The van der Waals surface area contributed by atoms with Crippen molar-refractivity contribution in [2.45, 2.75) is 39.8 Å². The highest BCUT2D eigenvalue weighted by molar-refractivity contribution is 14.0. The number of nitrogens with zero attached hydrogens (tertiary/aromatic N) is 1. The van der Waals surface area contributed by atoms with E-state index in [-0.39, 0.29) is 24.0 Å². The highest BCUT2D eigenvalue weighted by Crippen LogP contribution is 2.14. The molecule has 0 amide bonds. The fourth-order valence-corrected chi connectivity index (χ4v) is 2.95. The summed E-state index contributed by atoms with van der Waals surface area (Å²) < 4.78 is 10.9. The van der Waals surface area contributed by atoms with Crippen LogP contribution in [0, 0.1) is 6.92 Å². The lowest BCUT2D eigenvalue weighted by molar-refractivity contribution is 0.0453. The Bertz CT molecular complexity index is 750. The number of aliphatic imine (C=N–C) groups is 1. The lowest BCUT2D eigenvalue weighted by Gasteiger charge is -2.17. The molecule has 0 aliphatic rings. The predicted octanol–water partition coefficient (Wildman–Crippen LogP) is 4.63. The Kier molecular flexibility index (Phi) is 13.4. The number of halogens is 1. The van der Waals surface area contributed by atoms with Crippen molar-refractivity contribution in [3.63, 3.8) is 0 Å². The summed E-state index contributed by atoms with van der Waals surface area (Å²) in [5, 5.41) is 6.81. The molecule has 0 aliphatic carbocycles. The van der Waals surface area contributed by atoms with Gasteiger partial charge in [0.1, 0.15) is 0 Å². The molecular weight excluding hydrogens is 489 g/mol. The molecule has 2 aromatic carbocycles. The van der Waals surface area contributed by atoms with E-state index in [4.69, 9.17) is 9.47 Å². The molecule has 5 nitrogen and oxygen atoms in total. The quantitative estimate of drug-likeness (QED) is 0.194. The molecule has 0 radical (unpaired) electrons. The van der Waals surface area contributed by atoms with Crippen LogP contribution < -0.4 is 10.6 Å². The zero-order chi connectivity index (χ0) is 20.9. The summed E-state index contributed by atoms with van der Waals surface area (Å²) in [6, 6.07) is 17.1. The van der Waals surface area contributed by atoms with E-state index in [1.807, 2.05) is 6.92 Å². The van der Waals surface area contributed by atoms with Gasteiger partial charge >= 0.3 is 0 Å². The molecule has 0 aromatic heterocycles. The SMILES string of the molecule is CCOCCOCc1cccc(CNC(=NC)NCC(C)c2ccc(C)cc2)c1.I. The van der Waals surface area contributed by atoms with Crippen LogP contribution in [0.15, 0.2) is 53.5 Å². The van der Waals surface area contributed by atoms with Crippen LogP contribution in [0.3, 0.4) is 0 Å². The lowest BCUT2D eigenvalue weighted by atomic mass is 10.0. The number of hydrogen-bond donors (Lipinski definition) is 2. The molecular formula is C24H36IN3O2. The highest BCUT2D eigenvalue weighted by atomic mass is 127. The summed E-state index contributed by atoms with van der Waals surface area (Å²) in [7, 11) is 1.80. The van der Waals surface area contributed by atoms with Gasteiger partial charge < -0.3 is 20.1 Å². The van der Waals surface area contributed by atoms with Gasteiger partial charge in [-0.15, -0.1) is 24.0 Å². The van der Waals surface area contributed by atoms with Crippen LogP contribution in [0.25, 0.3) is 0 Å². The molecule has 30 heavy (non-hydrogen) atoms. The summed E-state index contributed by atoms with van der Waals surface area (Å²) in [5.74, 6) is 1.22. The van der Waals surface area contributed by atoms with Gasteiger partial charge in [-0.25, -0.2) is 0 Å². The third kappa shape index (κ3) is 9.91. The Morgan fingerprint density at radius 2 is 1.70 bits per heavy atom. The molecule has 2 aromatic rings. The van der Waals surface area contributed by atoms with Gasteiger partial charge in [-0.2, -0.15) is 0 Å². The van der Waals surface area contributed by atoms with Gasteiger partial charge in [0.15, 0.2) is 5.96 Å². The second-order valence-electron chi connectivity index (χ2n) is 7.19. The summed E-state index contributed by atoms with van der Waals surface area (Å²) in [6.07, 6.45) is 0. The second-order valence-corrected chi connectivity index (χ2v) is 7.19. The second kappa shape index (κ2) is 15.2. The summed E-state index contributed by atoms with van der Waals surface area (Å²) in [5.41, 5.74) is 4.98. The molecule has 0 fully saturated rings. The molecule has 0 saturated heterocycles. The molecule has 2 N–H and O–H groups in total. The van der Waals surface area contributed by atoms with Gasteiger partial charge in [0.25, 0.3) is 0 Å². The molecule has 0 aliphatic heterocycles. The van der Waals surface area contributed by atoms with E-state index in [9.17, 15) is 0 Å². The fourth-order valence-electron chi connectivity index (χ4n) is 2.95. The van der Waals surface area contributed by atoms with Crippen molar-refractivity contribution in [3.8, 4) is 0 Å². The molecule has 6 heteroatoms. The van der Waals surface area contributed by atoms with Crippen molar-refractivity contribution in [3.05, 3.63) is 70.8 Å². The zero-order valence-corrected chi connectivity index (χ0v) is 20.9. The van der Waals surface area contributed by atoms with Crippen molar-refractivity contribution in [1.82, 2.24) is 10.6 Å². The van der Waals surface area contributed by atoms with Gasteiger partial charge in [0, 0.05) is 26.7 Å². The molecule has 0 saturated carbocycles. The van der Waals surface area contributed by atoms with Gasteiger partial charge in [0.2, 0.25) is 0 Å². The maximum atomic E-state index is 5.66. The number of aryl methyl sites for hydroxylation is 1. The monoisotopic (exact) mass is 525 g/mol. The van der Waals surface area contributed by atoms with Crippen LogP contribution in [0.4, 0.5) is 0 Å². The maximum absolute atomic E-state index is 5.66. The van der Waals surface area contributed by atoms with Crippen molar-refractivity contribution in [2.75, 3.05) is 33.4 Å². The van der Waals surface area contributed by atoms with Crippen LogP contribution >= 0.6 is 24.0 Å². The number of hydrogen-bond acceptors (Lipinski definition) is 3. The third-order valence-electron chi connectivity index (χ3n) is 4.74. The predicted molar refractivity (Wildman–Crippen MR) is 136 cm³/mol. The van der Waals surface area contributed by atoms with Crippen LogP contribution in [-0.2, 0) is 22.6 Å². The Labute approximate surface area is 198 Å².